The molecule has 0 bridgehead atoms. The van der Waals surface area contributed by atoms with E-state index in [0.717, 1.165) is 36.1 Å². The fourth-order valence-corrected chi connectivity index (χ4v) is 6.44. The van der Waals surface area contributed by atoms with Crippen molar-refractivity contribution in [3.8, 4) is 0 Å². The normalized spacial score (nSPS) is 25.4. The molecule has 2 saturated heterocycles. The zero-order valence-corrected chi connectivity index (χ0v) is 26.1. The molecule has 5 unspecified atom stereocenters. The lowest BCUT2D eigenvalue weighted by Crippen LogP contribution is -2.48. The zero-order chi connectivity index (χ0) is 31.9. The van der Waals surface area contributed by atoms with E-state index < -0.39 is 11.9 Å². The molecule has 3 aliphatic rings. The number of fused-ring (bicyclic) bond motifs is 1. The lowest BCUT2D eigenvalue weighted by atomic mass is 9.90. The van der Waals surface area contributed by atoms with Gasteiger partial charge in [-0.2, -0.15) is 0 Å². The van der Waals surface area contributed by atoms with Crippen LogP contribution >= 0.6 is 0 Å². The number of aliphatic hydroxyl groups excluding tert-OH is 1. The van der Waals surface area contributed by atoms with E-state index in [1.807, 2.05) is 57.2 Å². The lowest BCUT2D eigenvalue weighted by Gasteiger charge is -2.43. The van der Waals surface area contributed by atoms with Crippen LogP contribution in [0, 0.1) is 5.92 Å². The van der Waals surface area contributed by atoms with Crippen molar-refractivity contribution in [2.24, 2.45) is 5.92 Å². The summed E-state index contributed by atoms with van der Waals surface area (Å²) < 4.78 is 19.0. The molecule has 0 aliphatic carbocycles. The number of imide groups is 1. The second kappa shape index (κ2) is 12.5. The highest BCUT2D eigenvalue weighted by molar-refractivity contribution is 6.34. The van der Waals surface area contributed by atoms with Crippen LogP contribution in [0.15, 0.2) is 72.8 Å². The van der Waals surface area contributed by atoms with Crippen molar-refractivity contribution in [2.45, 2.75) is 77.3 Å². The number of amides is 2. The molecule has 1 N–H and O–H groups in total. The molecule has 0 aromatic heterocycles. The van der Waals surface area contributed by atoms with E-state index in [0.29, 0.717) is 23.4 Å². The van der Waals surface area contributed by atoms with Gasteiger partial charge in [-0.1, -0.05) is 55.5 Å². The van der Waals surface area contributed by atoms with Crippen LogP contribution in [0.4, 0.5) is 5.69 Å². The van der Waals surface area contributed by atoms with Crippen molar-refractivity contribution in [2.75, 3.05) is 18.0 Å². The smallest absolute Gasteiger partial charge is 0.323 e. The molecule has 3 aromatic rings. The van der Waals surface area contributed by atoms with Crippen LogP contribution in [-0.4, -0.2) is 58.6 Å². The molecule has 2 amide bonds. The highest BCUT2D eigenvalue weighted by Crippen LogP contribution is 2.43. The minimum Gasteiger partial charge on any atom is -0.459 e. The maximum atomic E-state index is 13.1. The maximum Gasteiger partial charge on any atom is 0.323 e. The molecule has 5 atom stereocenters. The van der Waals surface area contributed by atoms with Gasteiger partial charge in [0, 0.05) is 18.0 Å². The Labute approximate surface area is 263 Å². The van der Waals surface area contributed by atoms with Crippen LogP contribution in [0.25, 0.3) is 0 Å². The number of likely N-dealkylation sites (tertiary alicyclic amines) is 1. The first kappa shape index (κ1) is 31.1. The van der Waals surface area contributed by atoms with Gasteiger partial charge in [0.05, 0.1) is 35.6 Å². The fourth-order valence-electron chi connectivity index (χ4n) is 6.44. The third kappa shape index (κ3) is 6.31. The molecule has 236 valence electrons. The van der Waals surface area contributed by atoms with Crippen LogP contribution in [0.3, 0.4) is 0 Å². The van der Waals surface area contributed by atoms with E-state index in [9.17, 15) is 19.5 Å². The number of ether oxygens (including phenoxy) is 3. The largest absolute Gasteiger partial charge is 0.459 e. The average molecular weight is 613 g/mol. The van der Waals surface area contributed by atoms with Crippen LogP contribution < -0.4 is 4.90 Å². The summed E-state index contributed by atoms with van der Waals surface area (Å²) in [4.78, 5) is 42.5. The van der Waals surface area contributed by atoms with Gasteiger partial charge in [0.2, 0.25) is 0 Å². The number of esters is 1. The van der Waals surface area contributed by atoms with Gasteiger partial charge >= 0.3 is 5.97 Å². The lowest BCUT2D eigenvalue weighted by molar-refractivity contribution is -0.276. The first-order chi connectivity index (χ1) is 21.5. The molecule has 9 heteroatoms. The van der Waals surface area contributed by atoms with Crippen LogP contribution in [0.5, 0.6) is 0 Å². The number of carbonyl (C=O) groups is 3. The molecule has 0 saturated carbocycles. The van der Waals surface area contributed by atoms with Gasteiger partial charge < -0.3 is 19.3 Å². The van der Waals surface area contributed by atoms with Crippen molar-refractivity contribution >= 4 is 23.5 Å². The molecule has 0 spiro atoms. The number of aliphatic hydroxyl groups is 1. The average Bonchev–Trinajstić information content (AvgIpc) is 3.59. The van der Waals surface area contributed by atoms with Crippen LogP contribution in [-0.2, 0) is 25.6 Å². The van der Waals surface area contributed by atoms with Gasteiger partial charge in [0.1, 0.15) is 11.6 Å². The molecular formula is C36H40N2O7. The molecule has 2 fully saturated rings. The minimum atomic E-state index is -0.729. The monoisotopic (exact) mass is 612 g/mol. The van der Waals surface area contributed by atoms with E-state index in [1.54, 1.807) is 36.4 Å². The van der Waals surface area contributed by atoms with Gasteiger partial charge in [-0.05, 0) is 75.5 Å². The molecule has 9 nitrogen and oxygen atoms in total. The predicted molar refractivity (Wildman–Crippen MR) is 167 cm³/mol. The standard InChI is InChI=1S/C36H40N2O7/c1-22-30(20-37-19-7-10-29(37)34(42)45-36(2,3)4)43-35(44-31(22)24-13-11-23(21-39)12-14-24)25-15-17-26(18-16-25)38-32(40)27-8-5-6-9-28(27)33(38)41/h5-6,8-9,11-18,22,29-31,35,39H,7,10,19-21H2,1-4H3. The third-order valence-corrected chi connectivity index (χ3v) is 8.80. The Balaban J connectivity index is 1.25. The Morgan fingerprint density at radius 2 is 1.53 bits per heavy atom. The third-order valence-electron chi connectivity index (χ3n) is 8.80. The van der Waals surface area contributed by atoms with Gasteiger partial charge in [-0.15, -0.1) is 0 Å². The van der Waals surface area contributed by atoms with Crippen molar-refractivity contribution < 1.29 is 33.7 Å². The summed E-state index contributed by atoms with van der Waals surface area (Å²) in [5.41, 5.74) is 3.21. The van der Waals surface area contributed by atoms with E-state index in [2.05, 4.69) is 11.8 Å². The predicted octanol–water partition coefficient (Wildman–Crippen LogP) is 5.58. The number of anilines is 1. The Bertz CT molecular complexity index is 1530. The number of rotatable bonds is 7. The minimum absolute atomic E-state index is 0.0455. The second-order valence-electron chi connectivity index (χ2n) is 13.1. The zero-order valence-electron chi connectivity index (χ0n) is 26.1. The summed E-state index contributed by atoms with van der Waals surface area (Å²) in [5, 5.41) is 9.57. The number of hydrogen-bond donors (Lipinski definition) is 1. The number of benzene rings is 3. The van der Waals surface area contributed by atoms with Gasteiger partial charge in [0.25, 0.3) is 11.8 Å². The summed E-state index contributed by atoms with van der Waals surface area (Å²) in [6.45, 7) is 8.99. The Morgan fingerprint density at radius 3 is 2.13 bits per heavy atom. The van der Waals surface area contributed by atoms with E-state index in [1.165, 1.54) is 4.90 Å². The Hall–Kier alpha value is -3.89. The van der Waals surface area contributed by atoms with Crippen molar-refractivity contribution in [3.63, 3.8) is 0 Å². The van der Waals surface area contributed by atoms with Crippen molar-refractivity contribution in [1.29, 1.82) is 0 Å². The summed E-state index contributed by atoms with van der Waals surface area (Å²) in [7, 11) is 0. The summed E-state index contributed by atoms with van der Waals surface area (Å²) >= 11 is 0. The van der Waals surface area contributed by atoms with Gasteiger partial charge in [0.15, 0.2) is 6.29 Å². The summed E-state index contributed by atoms with van der Waals surface area (Å²) in [6.07, 6.45) is 0.315. The quantitative estimate of drug-likeness (QED) is 0.273. The Kier molecular flexibility index (Phi) is 8.63. The molecule has 3 heterocycles. The first-order valence-electron chi connectivity index (χ1n) is 15.6. The molecule has 6 rings (SSSR count). The summed E-state index contributed by atoms with van der Waals surface area (Å²) in [6, 6.07) is 21.3. The highest BCUT2D eigenvalue weighted by atomic mass is 16.7. The molecule has 3 aromatic carbocycles. The first-order valence-corrected chi connectivity index (χ1v) is 15.6. The topological polar surface area (TPSA) is 106 Å². The van der Waals surface area contributed by atoms with Gasteiger partial charge in [-0.25, -0.2) is 4.90 Å². The maximum absolute atomic E-state index is 13.1. The number of carbonyl (C=O) groups excluding carboxylic acids is 3. The molecular weight excluding hydrogens is 572 g/mol. The SMILES string of the molecule is CC1C(CN2CCCC2C(=O)OC(C)(C)C)OC(c2ccc(N3C(=O)c4ccccc4C3=O)cc2)OC1c1ccc(CO)cc1. The second-order valence-corrected chi connectivity index (χ2v) is 13.1. The van der Waals surface area contributed by atoms with Gasteiger partial charge in [-0.3, -0.25) is 19.3 Å². The van der Waals surface area contributed by atoms with E-state index >= 15 is 0 Å². The van der Waals surface area contributed by atoms with E-state index in [-0.39, 0.29) is 48.6 Å². The summed E-state index contributed by atoms with van der Waals surface area (Å²) in [5.74, 6) is -0.965. The Morgan fingerprint density at radius 1 is 0.911 bits per heavy atom. The van der Waals surface area contributed by atoms with E-state index in [4.69, 9.17) is 14.2 Å². The van der Waals surface area contributed by atoms with Crippen molar-refractivity contribution in [1.82, 2.24) is 4.90 Å². The van der Waals surface area contributed by atoms with Crippen LogP contribution in [0.1, 0.15) is 90.3 Å². The molecule has 3 aliphatic heterocycles. The fraction of sp³-hybridized carbons (Fsp3) is 0.417. The van der Waals surface area contributed by atoms with Crippen LogP contribution in [0.2, 0.25) is 0 Å². The number of nitrogens with zero attached hydrogens (tertiary/aromatic N) is 2. The van der Waals surface area contributed by atoms with Crippen molar-refractivity contribution in [3.05, 3.63) is 101 Å². The number of hydrogen-bond acceptors (Lipinski definition) is 8. The molecule has 0 radical (unpaired) electrons. The highest BCUT2D eigenvalue weighted by Gasteiger charge is 2.43. The molecule has 45 heavy (non-hydrogen) atoms.